The van der Waals surface area contributed by atoms with E-state index in [1.165, 1.54) is 48.5 Å². The van der Waals surface area contributed by atoms with Gasteiger partial charge in [-0.25, -0.2) is 4.68 Å². The molecule has 2 aromatic rings. The summed E-state index contributed by atoms with van der Waals surface area (Å²) in [5.41, 5.74) is 0.585. The van der Waals surface area contributed by atoms with Gasteiger partial charge in [-0.1, -0.05) is 43.9 Å². The van der Waals surface area contributed by atoms with Crippen molar-refractivity contribution >= 4 is 23.4 Å². The molecule has 1 heterocycles. The molecular formula is C20H29N5O3S. The molecule has 0 bridgehead atoms. The molecule has 0 aliphatic heterocycles. The summed E-state index contributed by atoms with van der Waals surface area (Å²) in [7, 11) is 3.13. The van der Waals surface area contributed by atoms with E-state index < -0.39 is 0 Å². The minimum absolute atomic E-state index is 0.174. The lowest BCUT2D eigenvalue weighted by atomic mass is 9.86. The first-order valence-corrected chi connectivity index (χ1v) is 10.9. The normalized spacial score (nSPS) is 14.6. The molecule has 1 aromatic heterocycles. The molecule has 3 N–H and O–H groups in total. The third kappa shape index (κ3) is 5.79. The van der Waals surface area contributed by atoms with E-state index in [0.717, 1.165) is 24.6 Å². The zero-order valence-corrected chi connectivity index (χ0v) is 17.8. The van der Waals surface area contributed by atoms with E-state index in [2.05, 4.69) is 15.5 Å². The standard InChI is InChI=1S/C20H29N5O3S/c1-27-15-9-10-16(17(12-15)28-2)22-19(26)13-29-20-24-23-18(25(20)21)11-8-14-6-4-3-5-7-14/h9-10,12,14H,3-8,11,13,21H2,1-2H3,(H,22,26). The Kier molecular flexibility index (Phi) is 7.62. The highest BCUT2D eigenvalue weighted by molar-refractivity contribution is 7.99. The number of methoxy groups -OCH3 is 2. The minimum atomic E-state index is -0.176. The zero-order valence-electron chi connectivity index (χ0n) is 17.0. The Morgan fingerprint density at radius 2 is 2.03 bits per heavy atom. The van der Waals surface area contributed by atoms with Crippen molar-refractivity contribution in [1.29, 1.82) is 0 Å². The monoisotopic (exact) mass is 419 g/mol. The summed E-state index contributed by atoms with van der Waals surface area (Å²) in [6.45, 7) is 0. The molecule has 8 nitrogen and oxygen atoms in total. The lowest BCUT2D eigenvalue weighted by molar-refractivity contribution is -0.113. The average molecular weight is 420 g/mol. The van der Waals surface area contributed by atoms with Crippen molar-refractivity contribution in [3.63, 3.8) is 0 Å². The summed E-state index contributed by atoms with van der Waals surface area (Å²) < 4.78 is 12.0. The van der Waals surface area contributed by atoms with E-state index in [0.29, 0.717) is 22.3 Å². The van der Waals surface area contributed by atoms with E-state index in [9.17, 15) is 4.79 Å². The largest absolute Gasteiger partial charge is 0.497 e. The van der Waals surface area contributed by atoms with Gasteiger partial charge in [-0.3, -0.25) is 4.79 Å². The maximum Gasteiger partial charge on any atom is 0.234 e. The number of carbonyl (C=O) groups is 1. The topological polar surface area (TPSA) is 104 Å². The van der Waals surface area contributed by atoms with Gasteiger partial charge in [0.05, 0.1) is 25.7 Å². The summed E-state index contributed by atoms with van der Waals surface area (Å²) >= 11 is 1.26. The molecule has 0 unspecified atom stereocenters. The molecule has 0 atom stereocenters. The van der Waals surface area contributed by atoms with Gasteiger partial charge in [-0.2, -0.15) is 0 Å². The van der Waals surface area contributed by atoms with Crippen LogP contribution in [-0.2, 0) is 11.2 Å². The molecule has 29 heavy (non-hydrogen) atoms. The number of hydrogen-bond donors (Lipinski definition) is 2. The maximum atomic E-state index is 12.3. The number of carbonyl (C=O) groups excluding carboxylic acids is 1. The van der Waals surface area contributed by atoms with Crippen LogP contribution in [0.2, 0.25) is 0 Å². The third-order valence-electron chi connectivity index (χ3n) is 5.25. The number of benzene rings is 1. The van der Waals surface area contributed by atoms with Crippen LogP contribution in [-0.4, -0.2) is 40.8 Å². The number of aromatic nitrogens is 3. The predicted molar refractivity (Wildman–Crippen MR) is 114 cm³/mol. The van der Waals surface area contributed by atoms with E-state index in [1.54, 1.807) is 32.4 Å². The molecule has 1 amide bonds. The van der Waals surface area contributed by atoms with Crippen LogP contribution in [0.5, 0.6) is 11.5 Å². The lowest BCUT2D eigenvalue weighted by Crippen LogP contribution is -2.18. The van der Waals surface area contributed by atoms with Gasteiger partial charge in [0.15, 0.2) is 5.82 Å². The van der Waals surface area contributed by atoms with Crippen LogP contribution in [0, 0.1) is 5.92 Å². The number of aryl methyl sites for hydroxylation is 1. The van der Waals surface area contributed by atoms with Gasteiger partial charge in [-0.05, 0) is 24.5 Å². The summed E-state index contributed by atoms with van der Waals surface area (Å²) in [5.74, 6) is 8.87. The summed E-state index contributed by atoms with van der Waals surface area (Å²) in [6, 6.07) is 5.23. The molecule has 1 aliphatic carbocycles. The van der Waals surface area contributed by atoms with Gasteiger partial charge in [0, 0.05) is 12.5 Å². The Balaban J connectivity index is 1.51. The molecule has 158 valence electrons. The second kappa shape index (κ2) is 10.4. The first-order valence-electron chi connectivity index (χ1n) is 9.94. The van der Waals surface area contributed by atoms with E-state index in [4.69, 9.17) is 15.3 Å². The fourth-order valence-electron chi connectivity index (χ4n) is 3.60. The molecular weight excluding hydrogens is 390 g/mol. The van der Waals surface area contributed by atoms with Crippen LogP contribution in [0.3, 0.4) is 0 Å². The zero-order chi connectivity index (χ0) is 20.6. The molecule has 1 aliphatic rings. The lowest BCUT2D eigenvalue weighted by Gasteiger charge is -2.20. The number of rotatable bonds is 9. The molecule has 0 spiro atoms. The smallest absolute Gasteiger partial charge is 0.234 e. The van der Waals surface area contributed by atoms with Gasteiger partial charge in [0.25, 0.3) is 0 Å². The quantitative estimate of drug-likeness (QED) is 0.475. The number of nitrogens with two attached hydrogens (primary N) is 1. The highest BCUT2D eigenvalue weighted by atomic mass is 32.2. The van der Waals surface area contributed by atoms with Gasteiger partial charge in [-0.15, -0.1) is 10.2 Å². The number of nitrogens with zero attached hydrogens (tertiary/aromatic N) is 3. The fourth-order valence-corrected chi connectivity index (χ4v) is 4.28. The Morgan fingerprint density at radius 3 is 2.76 bits per heavy atom. The highest BCUT2D eigenvalue weighted by Crippen LogP contribution is 2.30. The summed E-state index contributed by atoms with van der Waals surface area (Å²) in [4.78, 5) is 12.3. The van der Waals surface area contributed by atoms with Crippen LogP contribution in [0.1, 0.15) is 44.3 Å². The number of amides is 1. The van der Waals surface area contributed by atoms with Crippen molar-refractivity contribution in [3.05, 3.63) is 24.0 Å². The fraction of sp³-hybridized carbons (Fsp3) is 0.550. The number of nitrogen functional groups attached to an aromatic ring is 1. The van der Waals surface area contributed by atoms with Crippen molar-refractivity contribution in [2.24, 2.45) is 5.92 Å². The molecule has 3 rings (SSSR count). The highest BCUT2D eigenvalue weighted by Gasteiger charge is 2.17. The SMILES string of the molecule is COc1ccc(NC(=O)CSc2nnc(CCC3CCCCC3)n2N)c(OC)c1. The van der Waals surface area contributed by atoms with Crippen LogP contribution in [0.4, 0.5) is 5.69 Å². The number of hydrogen-bond acceptors (Lipinski definition) is 7. The van der Waals surface area contributed by atoms with E-state index >= 15 is 0 Å². The first kappa shape index (κ1) is 21.3. The molecule has 0 saturated heterocycles. The van der Waals surface area contributed by atoms with E-state index in [-0.39, 0.29) is 11.7 Å². The molecule has 1 aromatic carbocycles. The molecule has 0 radical (unpaired) electrons. The van der Waals surface area contributed by atoms with Crippen molar-refractivity contribution in [1.82, 2.24) is 14.9 Å². The number of thioether (sulfide) groups is 1. The number of nitrogens with one attached hydrogen (secondary N) is 1. The third-order valence-corrected chi connectivity index (χ3v) is 6.19. The average Bonchev–Trinajstić information content (AvgIpc) is 3.11. The maximum absolute atomic E-state index is 12.3. The summed E-state index contributed by atoms with van der Waals surface area (Å²) in [6.07, 6.45) is 8.53. The molecule has 1 saturated carbocycles. The second-order valence-corrected chi connectivity index (χ2v) is 8.16. The van der Waals surface area contributed by atoms with Crippen molar-refractivity contribution in [2.75, 3.05) is 31.1 Å². The van der Waals surface area contributed by atoms with E-state index in [1.807, 2.05) is 0 Å². The van der Waals surface area contributed by atoms with Gasteiger partial charge in [0.2, 0.25) is 11.1 Å². The first-order chi connectivity index (χ1) is 14.1. The Hall–Kier alpha value is -2.42. The van der Waals surface area contributed by atoms with Crippen LogP contribution < -0.4 is 20.6 Å². The van der Waals surface area contributed by atoms with Gasteiger partial charge >= 0.3 is 0 Å². The second-order valence-electron chi connectivity index (χ2n) is 7.21. The Bertz CT molecular complexity index is 820. The van der Waals surface area contributed by atoms with Crippen LogP contribution >= 0.6 is 11.8 Å². The van der Waals surface area contributed by atoms with Crippen molar-refractivity contribution in [2.45, 2.75) is 50.1 Å². The van der Waals surface area contributed by atoms with Crippen molar-refractivity contribution < 1.29 is 14.3 Å². The number of anilines is 1. The Labute approximate surface area is 175 Å². The van der Waals surface area contributed by atoms with Gasteiger partial charge in [0.1, 0.15) is 11.5 Å². The minimum Gasteiger partial charge on any atom is -0.497 e. The molecule has 9 heteroatoms. The van der Waals surface area contributed by atoms with Crippen LogP contribution in [0.15, 0.2) is 23.4 Å². The van der Waals surface area contributed by atoms with Crippen molar-refractivity contribution in [3.8, 4) is 11.5 Å². The summed E-state index contributed by atoms with van der Waals surface area (Å²) in [5, 5.41) is 11.7. The Morgan fingerprint density at radius 1 is 1.24 bits per heavy atom. The predicted octanol–water partition coefficient (Wildman–Crippen LogP) is 3.25. The van der Waals surface area contributed by atoms with Gasteiger partial charge < -0.3 is 20.6 Å². The van der Waals surface area contributed by atoms with Crippen LogP contribution in [0.25, 0.3) is 0 Å². The molecule has 1 fully saturated rings. The number of ether oxygens (including phenoxy) is 2.